The van der Waals surface area contributed by atoms with Crippen molar-refractivity contribution in [3.8, 4) is 0 Å². The van der Waals surface area contributed by atoms with Crippen molar-refractivity contribution in [2.24, 2.45) is 17.1 Å². The van der Waals surface area contributed by atoms with Crippen LogP contribution in [-0.2, 0) is 16.1 Å². The van der Waals surface area contributed by atoms with Crippen LogP contribution in [0.4, 0.5) is 0 Å². The molecule has 0 heterocycles. The van der Waals surface area contributed by atoms with Gasteiger partial charge in [0.1, 0.15) is 0 Å². The fourth-order valence-corrected chi connectivity index (χ4v) is 3.92. The van der Waals surface area contributed by atoms with Gasteiger partial charge in [-0.1, -0.05) is 39.0 Å². The minimum atomic E-state index is -1.67. The lowest BCUT2D eigenvalue weighted by atomic mass is 9.71. The summed E-state index contributed by atoms with van der Waals surface area (Å²) in [5.74, 6) is -0.325. The number of esters is 1. The Bertz CT molecular complexity index is 683. The normalized spacial score (nSPS) is 22.4. The van der Waals surface area contributed by atoms with Crippen LogP contribution < -0.4 is 11.1 Å². The van der Waals surface area contributed by atoms with Gasteiger partial charge in [-0.15, -0.1) is 0 Å². The summed E-state index contributed by atoms with van der Waals surface area (Å²) in [4.78, 5) is 24.7. The van der Waals surface area contributed by atoms with Crippen molar-refractivity contribution in [3.05, 3.63) is 35.4 Å². The number of carbonyl (C=O) groups excluding carboxylic acids is 2. The van der Waals surface area contributed by atoms with E-state index in [0.717, 1.165) is 11.5 Å². The molecule has 2 rings (SSSR count). The number of benzene rings is 1. The van der Waals surface area contributed by atoms with E-state index in [0.29, 0.717) is 23.6 Å². The molecular weight excluding hydrogens is 352 g/mol. The molecule has 28 heavy (non-hydrogen) atoms. The third-order valence-electron chi connectivity index (χ3n) is 5.91. The van der Waals surface area contributed by atoms with E-state index in [2.05, 4.69) is 26.1 Å². The fourth-order valence-electron chi connectivity index (χ4n) is 3.92. The van der Waals surface area contributed by atoms with E-state index in [1.165, 1.54) is 32.6 Å². The first-order valence-electron chi connectivity index (χ1n) is 10.4. The molecule has 0 aliphatic heterocycles. The molecule has 0 saturated heterocycles. The Labute approximate surface area is 169 Å². The molecule has 1 saturated carbocycles. The Balaban J connectivity index is 1.95. The maximum absolute atomic E-state index is 12.7. The van der Waals surface area contributed by atoms with E-state index in [-0.39, 0.29) is 6.61 Å². The minimum Gasteiger partial charge on any atom is -0.464 e. The van der Waals surface area contributed by atoms with Crippen molar-refractivity contribution in [1.82, 2.24) is 5.32 Å². The molecule has 1 aliphatic carbocycles. The highest BCUT2D eigenvalue weighted by Gasteiger charge is 2.39. The van der Waals surface area contributed by atoms with Crippen LogP contribution in [0.15, 0.2) is 24.3 Å². The van der Waals surface area contributed by atoms with Gasteiger partial charge in [-0.2, -0.15) is 0 Å². The third-order valence-corrected chi connectivity index (χ3v) is 5.91. The molecule has 0 amide bonds. The van der Waals surface area contributed by atoms with Crippen molar-refractivity contribution in [2.75, 3.05) is 6.61 Å². The quantitative estimate of drug-likeness (QED) is 0.421. The Morgan fingerprint density at radius 2 is 1.79 bits per heavy atom. The summed E-state index contributed by atoms with van der Waals surface area (Å²) in [6.07, 6.45) is 4.88. The van der Waals surface area contributed by atoms with Crippen LogP contribution in [0, 0.1) is 11.3 Å². The van der Waals surface area contributed by atoms with Gasteiger partial charge in [0.15, 0.2) is 11.3 Å². The molecule has 1 fully saturated rings. The van der Waals surface area contributed by atoms with Gasteiger partial charge in [0.05, 0.1) is 6.61 Å². The van der Waals surface area contributed by atoms with E-state index < -0.39 is 17.3 Å². The first-order valence-corrected chi connectivity index (χ1v) is 10.4. The first-order chi connectivity index (χ1) is 13.1. The Morgan fingerprint density at radius 1 is 1.14 bits per heavy atom. The lowest BCUT2D eigenvalue weighted by Crippen LogP contribution is -2.53. The highest BCUT2D eigenvalue weighted by molar-refractivity contribution is 6.15. The fraction of sp³-hybridized carbons (Fsp3) is 0.652. The van der Waals surface area contributed by atoms with Gasteiger partial charge in [0.25, 0.3) is 0 Å². The molecule has 0 bridgehead atoms. The van der Waals surface area contributed by atoms with Gasteiger partial charge in [0, 0.05) is 18.2 Å². The number of ether oxygens (including phenoxy) is 1. The minimum absolute atomic E-state index is 0.195. The van der Waals surface area contributed by atoms with E-state index in [1.807, 2.05) is 18.2 Å². The van der Waals surface area contributed by atoms with E-state index in [1.54, 1.807) is 13.0 Å². The Hall–Kier alpha value is -1.72. The van der Waals surface area contributed by atoms with Crippen molar-refractivity contribution in [1.29, 1.82) is 0 Å². The van der Waals surface area contributed by atoms with Crippen LogP contribution >= 0.6 is 0 Å². The number of nitrogens with two attached hydrogens (primary N) is 1. The van der Waals surface area contributed by atoms with Crippen LogP contribution in [-0.4, -0.2) is 29.9 Å². The number of carbonyl (C=O) groups is 2. The summed E-state index contributed by atoms with van der Waals surface area (Å²) in [6, 6.07) is 7.85. The lowest BCUT2D eigenvalue weighted by Gasteiger charge is -2.37. The van der Waals surface area contributed by atoms with Gasteiger partial charge < -0.3 is 15.8 Å². The average molecular weight is 389 g/mol. The second kappa shape index (κ2) is 9.19. The monoisotopic (exact) mass is 388 g/mol. The van der Waals surface area contributed by atoms with Gasteiger partial charge in [0.2, 0.25) is 0 Å². The maximum Gasteiger partial charge on any atom is 0.333 e. The summed E-state index contributed by atoms with van der Waals surface area (Å²) >= 11 is 0. The molecule has 0 spiro atoms. The van der Waals surface area contributed by atoms with Gasteiger partial charge in [-0.05, 0) is 62.5 Å². The Kier molecular flexibility index (Phi) is 7.40. The standard InChI is InChI=1S/C23H36N2O3/c1-6-28-21(27)23(5,24)20(26)17-9-7-8-16(14-17)15-25-19-12-10-18(11-13-19)22(2,3)4/h7-9,14,18-19,25H,6,10-13,15,24H2,1-5H3. The summed E-state index contributed by atoms with van der Waals surface area (Å²) in [7, 11) is 0. The van der Waals surface area contributed by atoms with Crippen molar-refractivity contribution in [2.45, 2.75) is 78.4 Å². The SMILES string of the molecule is CCOC(=O)C(C)(N)C(=O)c1cccc(CNC2CCC(C(C)(C)C)CC2)c1. The lowest BCUT2D eigenvalue weighted by molar-refractivity contribution is -0.146. The third kappa shape index (κ3) is 5.65. The second-order valence-corrected chi connectivity index (χ2v) is 9.25. The molecule has 0 aromatic heterocycles. The number of hydrogen-bond acceptors (Lipinski definition) is 5. The zero-order chi connectivity index (χ0) is 20.9. The topological polar surface area (TPSA) is 81.4 Å². The molecule has 1 aliphatic rings. The molecule has 1 unspecified atom stereocenters. The summed E-state index contributed by atoms with van der Waals surface area (Å²) < 4.78 is 4.94. The van der Waals surface area contributed by atoms with Crippen molar-refractivity contribution >= 4 is 11.8 Å². The number of rotatable bonds is 7. The molecule has 5 heteroatoms. The van der Waals surface area contributed by atoms with Gasteiger partial charge in [-0.25, -0.2) is 4.79 Å². The molecule has 5 nitrogen and oxygen atoms in total. The average Bonchev–Trinajstić information content (AvgIpc) is 2.65. The van der Waals surface area contributed by atoms with Crippen LogP contribution in [0.2, 0.25) is 0 Å². The summed E-state index contributed by atoms with van der Waals surface area (Å²) in [5, 5.41) is 3.62. The summed E-state index contributed by atoms with van der Waals surface area (Å²) in [5.41, 5.74) is 6.14. The summed E-state index contributed by atoms with van der Waals surface area (Å²) in [6.45, 7) is 11.0. The van der Waals surface area contributed by atoms with Crippen molar-refractivity contribution < 1.29 is 14.3 Å². The molecule has 0 radical (unpaired) electrons. The van der Waals surface area contributed by atoms with Crippen LogP contribution in [0.3, 0.4) is 0 Å². The van der Waals surface area contributed by atoms with Crippen LogP contribution in [0.5, 0.6) is 0 Å². The van der Waals surface area contributed by atoms with Gasteiger partial charge >= 0.3 is 5.97 Å². The highest BCUT2D eigenvalue weighted by Crippen LogP contribution is 2.37. The molecular formula is C23H36N2O3. The van der Waals surface area contributed by atoms with E-state index in [4.69, 9.17) is 10.5 Å². The second-order valence-electron chi connectivity index (χ2n) is 9.25. The zero-order valence-corrected chi connectivity index (χ0v) is 18.0. The molecule has 1 atom stereocenters. The number of Topliss-reactive ketones (excluding diaryl/α,β-unsaturated/α-hetero) is 1. The van der Waals surface area contributed by atoms with E-state index >= 15 is 0 Å². The van der Waals surface area contributed by atoms with E-state index in [9.17, 15) is 9.59 Å². The molecule has 3 N–H and O–H groups in total. The number of ketones is 1. The molecule has 1 aromatic rings. The predicted molar refractivity (Wildman–Crippen MR) is 112 cm³/mol. The van der Waals surface area contributed by atoms with Crippen LogP contribution in [0.1, 0.15) is 76.2 Å². The smallest absolute Gasteiger partial charge is 0.333 e. The first kappa shape index (κ1) is 22.6. The number of nitrogens with one attached hydrogen (secondary N) is 1. The predicted octanol–water partition coefficient (Wildman–Crippen LogP) is 3.84. The van der Waals surface area contributed by atoms with Gasteiger partial charge in [-0.3, -0.25) is 4.79 Å². The molecule has 1 aromatic carbocycles. The van der Waals surface area contributed by atoms with Crippen molar-refractivity contribution in [3.63, 3.8) is 0 Å². The largest absolute Gasteiger partial charge is 0.464 e. The zero-order valence-electron chi connectivity index (χ0n) is 18.0. The maximum atomic E-state index is 12.7. The highest BCUT2D eigenvalue weighted by atomic mass is 16.5. The number of hydrogen-bond donors (Lipinski definition) is 2. The van der Waals surface area contributed by atoms with Crippen LogP contribution in [0.25, 0.3) is 0 Å². The molecule has 156 valence electrons. The Morgan fingerprint density at radius 3 is 2.36 bits per heavy atom.